The molecule has 4 nitrogen and oxygen atoms in total. The largest absolute Gasteiger partial charge is 0.310 e. The second kappa shape index (κ2) is 4.70. The van der Waals surface area contributed by atoms with Crippen LogP contribution in [0.15, 0.2) is 36.7 Å². The highest BCUT2D eigenvalue weighted by atomic mass is 15.3. The molecule has 0 saturated heterocycles. The van der Waals surface area contributed by atoms with Crippen LogP contribution in [0.1, 0.15) is 12.7 Å². The summed E-state index contributed by atoms with van der Waals surface area (Å²) in [6, 6.07) is 10.1. The van der Waals surface area contributed by atoms with Gasteiger partial charge in [-0.2, -0.15) is 0 Å². The Kier molecular flexibility index (Phi) is 3.09. The van der Waals surface area contributed by atoms with Gasteiger partial charge in [0, 0.05) is 5.69 Å². The van der Waals surface area contributed by atoms with Gasteiger partial charge in [0.25, 0.3) is 0 Å². The van der Waals surface area contributed by atoms with Gasteiger partial charge in [-0.1, -0.05) is 25.1 Å². The fourth-order valence-electron chi connectivity index (χ4n) is 1.42. The van der Waals surface area contributed by atoms with Crippen molar-refractivity contribution in [1.82, 2.24) is 20.1 Å². The van der Waals surface area contributed by atoms with Gasteiger partial charge in [0.1, 0.15) is 6.33 Å². The number of aromatic nitrogens is 3. The Bertz CT molecular complexity index is 408. The molecule has 0 saturated carbocycles. The molecule has 0 aliphatic rings. The average Bonchev–Trinajstić information content (AvgIpc) is 2.75. The van der Waals surface area contributed by atoms with Crippen molar-refractivity contribution in [3.63, 3.8) is 0 Å². The van der Waals surface area contributed by atoms with Crippen LogP contribution in [0.2, 0.25) is 0 Å². The molecule has 78 valence electrons. The molecule has 0 atom stereocenters. The third-order valence-electron chi connectivity index (χ3n) is 2.19. The average molecular weight is 202 g/mol. The van der Waals surface area contributed by atoms with Crippen LogP contribution in [0.4, 0.5) is 0 Å². The topological polar surface area (TPSA) is 42.7 Å². The SMILES string of the molecule is CCNCc1nncn1-c1ccccc1. The lowest BCUT2D eigenvalue weighted by Crippen LogP contribution is -2.15. The van der Waals surface area contributed by atoms with Gasteiger partial charge in [-0.3, -0.25) is 4.57 Å². The van der Waals surface area contributed by atoms with Crippen LogP contribution < -0.4 is 5.32 Å². The zero-order chi connectivity index (χ0) is 10.5. The van der Waals surface area contributed by atoms with Crippen molar-refractivity contribution < 1.29 is 0 Å². The molecular weight excluding hydrogens is 188 g/mol. The normalized spacial score (nSPS) is 10.5. The molecule has 0 bridgehead atoms. The van der Waals surface area contributed by atoms with Crippen LogP contribution in [-0.2, 0) is 6.54 Å². The van der Waals surface area contributed by atoms with Crippen molar-refractivity contribution in [2.75, 3.05) is 6.54 Å². The summed E-state index contributed by atoms with van der Waals surface area (Å²) in [5, 5.41) is 11.2. The number of nitrogens with zero attached hydrogens (tertiary/aromatic N) is 3. The second-order valence-corrected chi connectivity index (χ2v) is 3.23. The zero-order valence-electron chi connectivity index (χ0n) is 8.72. The van der Waals surface area contributed by atoms with E-state index in [0.717, 1.165) is 24.6 Å². The van der Waals surface area contributed by atoms with E-state index in [1.54, 1.807) is 6.33 Å². The number of hydrogen-bond acceptors (Lipinski definition) is 3. The van der Waals surface area contributed by atoms with E-state index in [4.69, 9.17) is 0 Å². The van der Waals surface area contributed by atoms with Crippen LogP contribution >= 0.6 is 0 Å². The van der Waals surface area contributed by atoms with Crippen LogP contribution in [0.25, 0.3) is 5.69 Å². The van der Waals surface area contributed by atoms with Crippen LogP contribution in [0.3, 0.4) is 0 Å². The van der Waals surface area contributed by atoms with Crippen molar-refractivity contribution in [2.45, 2.75) is 13.5 Å². The van der Waals surface area contributed by atoms with Gasteiger partial charge in [0.15, 0.2) is 5.82 Å². The fourth-order valence-corrected chi connectivity index (χ4v) is 1.42. The fraction of sp³-hybridized carbons (Fsp3) is 0.273. The third kappa shape index (κ3) is 2.22. The number of rotatable bonds is 4. The summed E-state index contributed by atoms with van der Waals surface area (Å²) in [6.07, 6.45) is 1.74. The quantitative estimate of drug-likeness (QED) is 0.814. The molecule has 0 aliphatic carbocycles. The van der Waals surface area contributed by atoms with E-state index in [-0.39, 0.29) is 0 Å². The molecule has 0 amide bonds. The van der Waals surface area contributed by atoms with Gasteiger partial charge in [0.05, 0.1) is 6.54 Å². The highest BCUT2D eigenvalue weighted by molar-refractivity contribution is 5.31. The summed E-state index contributed by atoms with van der Waals surface area (Å²) >= 11 is 0. The Morgan fingerprint density at radius 3 is 2.80 bits per heavy atom. The van der Waals surface area contributed by atoms with Crippen molar-refractivity contribution in [1.29, 1.82) is 0 Å². The summed E-state index contributed by atoms with van der Waals surface area (Å²) in [5.74, 6) is 0.933. The Hall–Kier alpha value is -1.68. The maximum absolute atomic E-state index is 4.08. The Morgan fingerprint density at radius 1 is 1.27 bits per heavy atom. The Balaban J connectivity index is 2.25. The predicted molar refractivity (Wildman–Crippen MR) is 58.7 cm³/mol. The lowest BCUT2D eigenvalue weighted by atomic mass is 10.3. The van der Waals surface area contributed by atoms with E-state index >= 15 is 0 Å². The maximum atomic E-state index is 4.08. The van der Waals surface area contributed by atoms with Gasteiger partial charge in [-0.15, -0.1) is 10.2 Å². The minimum absolute atomic E-state index is 0.741. The first-order valence-electron chi connectivity index (χ1n) is 5.07. The van der Waals surface area contributed by atoms with Gasteiger partial charge < -0.3 is 5.32 Å². The van der Waals surface area contributed by atoms with Crippen LogP contribution in [0, 0.1) is 0 Å². The van der Waals surface area contributed by atoms with Gasteiger partial charge >= 0.3 is 0 Å². The second-order valence-electron chi connectivity index (χ2n) is 3.23. The van der Waals surface area contributed by atoms with E-state index in [1.807, 2.05) is 34.9 Å². The lowest BCUT2D eigenvalue weighted by Gasteiger charge is -2.05. The van der Waals surface area contributed by atoms with E-state index in [9.17, 15) is 0 Å². The molecule has 1 N–H and O–H groups in total. The van der Waals surface area contributed by atoms with Gasteiger partial charge in [-0.25, -0.2) is 0 Å². The number of nitrogens with one attached hydrogen (secondary N) is 1. The molecule has 1 aromatic heterocycles. The first kappa shape index (κ1) is 9.86. The molecule has 0 unspecified atom stereocenters. The van der Waals surface area contributed by atoms with Crippen molar-refractivity contribution >= 4 is 0 Å². The Labute approximate surface area is 89.0 Å². The minimum Gasteiger partial charge on any atom is -0.310 e. The first-order valence-corrected chi connectivity index (χ1v) is 5.07. The molecule has 0 spiro atoms. The zero-order valence-corrected chi connectivity index (χ0v) is 8.72. The highest BCUT2D eigenvalue weighted by Gasteiger charge is 2.04. The van der Waals surface area contributed by atoms with E-state index in [1.165, 1.54) is 0 Å². The summed E-state index contributed by atoms with van der Waals surface area (Å²) in [7, 11) is 0. The van der Waals surface area contributed by atoms with Crippen molar-refractivity contribution in [2.24, 2.45) is 0 Å². The summed E-state index contributed by atoms with van der Waals surface area (Å²) in [5.41, 5.74) is 1.09. The lowest BCUT2D eigenvalue weighted by molar-refractivity contribution is 0.677. The molecule has 4 heteroatoms. The van der Waals surface area contributed by atoms with E-state index < -0.39 is 0 Å². The molecular formula is C11H14N4. The maximum Gasteiger partial charge on any atom is 0.151 e. The highest BCUT2D eigenvalue weighted by Crippen LogP contribution is 2.08. The minimum atomic E-state index is 0.741. The van der Waals surface area contributed by atoms with Gasteiger partial charge in [-0.05, 0) is 18.7 Å². The molecule has 1 aromatic carbocycles. The standard InChI is InChI=1S/C11H14N4/c1-2-12-8-11-14-13-9-15(11)10-6-4-3-5-7-10/h3-7,9,12H,2,8H2,1H3. The molecule has 0 fully saturated rings. The summed E-state index contributed by atoms with van der Waals surface area (Å²) in [6.45, 7) is 3.75. The van der Waals surface area contributed by atoms with E-state index in [0.29, 0.717) is 0 Å². The molecule has 0 radical (unpaired) electrons. The number of para-hydroxylation sites is 1. The molecule has 1 heterocycles. The molecule has 2 rings (SSSR count). The monoisotopic (exact) mass is 202 g/mol. The summed E-state index contributed by atoms with van der Waals surface area (Å²) < 4.78 is 1.99. The van der Waals surface area contributed by atoms with Gasteiger partial charge in [0.2, 0.25) is 0 Å². The number of benzene rings is 1. The first-order chi connectivity index (χ1) is 7.42. The predicted octanol–water partition coefficient (Wildman–Crippen LogP) is 1.38. The molecule has 2 aromatic rings. The molecule has 15 heavy (non-hydrogen) atoms. The Morgan fingerprint density at radius 2 is 2.07 bits per heavy atom. The van der Waals surface area contributed by atoms with E-state index in [2.05, 4.69) is 22.4 Å². The van der Waals surface area contributed by atoms with Crippen molar-refractivity contribution in [3.05, 3.63) is 42.5 Å². The van der Waals surface area contributed by atoms with Crippen LogP contribution in [0.5, 0.6) is 0 Å². The molecule has 0 aliphatic heterocycles. The van der Waals surface area contributed by atoms with Crippen molar-refractivity contribution in [3.8, 4) is 5.69 Å². The smallest absolute Gasteiger partial charge is 0.151 e. The third-order valence-corrected chi connectivity index (χ3v) is 2.19. The number of hydrogen-bond donors (Lipinski definition) is 1. The van der Waals surface area contributed by atoms with Crippen LogP contribution in [-0.4, -0.2) is 21.3 Å². The summed E-state index contributed by atoms with van der Waals surface area (Å²) in [4.78, 5) is 0.